The van der Waals surface area contributed by atoms with E-state index < -0.39 is 0 Å². The van der Waals surface area contributed by atoms with E-state index in [4.69, 9.17) is 10.5 Å². The first-order valence-corrected chi connectivity index (χ1v) is 7.55. The number of ether oxygens (including phenoxy) is 1. The SMILES string of the molecule is COC(CN)CC(=O)NC1CCCCC1SC. The molecule has 3 N–H and O–H groups in total. The zero-order chi connectivity index (χ0) is 12.7. The van der Waals surface area contributed by atoms with E-state index in [0.29, 0.717) is 24.3 Å². The molecule has 100 valence electrons. The number of rotatable bonds is 6. The summed E-state index contributed by atoms with van der Waals surface area (Å²) in [6.45, 7) is 0.389. The molecule has 3 unspecified atom stereocenters. The smallest absolute Gasteiger partial charge is 0.222 e. The Morgan fingerprint density at radius 1 is 1.53 bits per heavy atom. The summed E-state index contributed by atoms with van der Waals surface area (Å²) in [4.78, 5) is 11.8. The zero-order valence-corrected chi connectivity index (χ0v) is 11.6. The predicted molar refractivity (Wildman–Crippen MR) is 72.2 cm³/mol. The van der Waals surface area contributed by atoms with Crippen molar-refractivity contribution in [3.63, 3.8) is 0 Å². The molecule has 1 fully saturated rings. The lowest BCUT2D eigenvalue weighted by atomic mass is 9.94. The van der Waals surface area contributed by atoms with Crippen molar-refractivity contribution in [2.24, 2.45) is 5.73 Å². The van der Waals surface area contributed by atoms with Gasteiger partial charge in [0.05, 0.1) is 12.5 Å². The normalized spacial score (nSPS) is 26.5. The van der Waals surface area contributed by atoms with E-state index in [1.54, 1.807) is 7.11 Å². The van der Waals surface area contributed by atoms with E-state index in [9.17, 15) is 4.79 Å². The second-order valence-corrected chi connectivity index (χ2v) is 5.61. The first-order valence-electron chi connectivity index (χ1n) is 6.26. The quantitative estimate of drug-likeness (QED) is 0.752. The van der Waals surface area contributed by atoms with Crippen LogP contribution in [0.1, 0.15) is 32.1 Å². The number of methoxy groups -OCH3 is 1. The molecule has 0 aromatic carbocycles. The lowest BCUT2D eigenvalue weighted by Gasteiger charge is -2.31. The topological polar surface area (TPSA) is 64.3 Å². The van der Waals surface area contributed by atoms with Crippen LogP contribution in [0.2, 0.25) is 0 Å². The second-order valence-electron chi connectivity index (χ2n) is 4.53. The molecule has 0 saturated heterocycles. The third-order valence-electron chi connectivity index (χ3n) is 3.36. The molecule has 1 aliphatic rings. The lowest BCUT2D eigenvalue weighted by molar-refractivity contribution is -0.124. The van der Waals surface area contributed by atoms with Crippen molar-refractivity contribution >= 4 is 17.7 Å². The maximum Gasteiger partial charge on any atom is 0.222 e. The molecular weight excluding hydrogens is 236 g/mol. The number of carbonyl (C=O) groups excluding carboxylic acids is 1. The number of nitrogens with one attached hydrogen (secondary N) is 1. The van der Waals surface area contributed by atoms with Gasteiger partial charge in [-0.25, -0.2) is 0 Å². The summed E-state index contributed by atoms with van der Waals surface area (Å²) in [6.07, 6.45) is 7.12. The van der Waals surface area contributed by atoms with Gasteiger partial charge in [0, 0.05) is 24.9 Å². The number of nitrogens with two attached hydrogens (primary N) is 1. The number of hydrogen-bond acceptors (Lipinski definition) is 4. The number of carbonyl (C=O) groups is 1. The van der Waals surface area contributed by atoms with Gasteiger partial charge < -0.3 is 15.8 Å². The molecule has 3 atom stereocenters. The van der Waals surface area contributed by atoms with Gasteiger partial charge in [0.25, 0.3) is 0 Å². The highest BCUT2D eigenvalue weighted by molar-refractivity contribution is 7.99. The summed E-state index contributed by atoms with van der Waals surface area (Å²) in [5, 5.41) is 3.69. The minimum atomic E-state index is -0.161. The Balaban J connectivity index is 2.38. The minimum absolute atomic E-state index is 0.0632. The van der Waals surface area contributed by atoms with Crippen LogP contribution in [0.15, 0.2) is 0 Å². The van der Waals surface area contributed by atoms with Crippen molar-refractivity contribution in [1.29, 1.82) is 0 Å². The molecule has 1 saturated carbocycles. The zero-order valence-electron chi connectivity index (χ0n) is 10.8. The van der Waals surface area contributed by atoms with Gasteiger partial charge in [-0.15, -0.1) is 0 Å². The van der Waals surface area contributed by atoms with E-state index in [-0.39, 0.29) is 12.0 Å². The monoisotopic (exact) mass is 260 g/mol. The van der Waals surface area contributed by atoms with E-state index in [0.717, 1.165) is 6.42 Å². The van der Waals surface area contributed by atoms with Crippen LogP contribution in [0.4, 0.5) is 0 Å². The fourth-order valence-corrected chi connectivity index (χ4v) is 3.21. The summed E-state index contributed by atoms with van der Waals surface area (Å²) in [5.74, 6) is 0.0632. The van der Waals surface area contributed by atoms with E-state index in [2.05, 4.69) is 11.6 Å². The third-order valence-corrected chi connectivity index (χ3v) is 4.53. The maximum atomic E-state index is 11.8. The Morgan fingerprint density at radius 2 is 2.24 bits per heavy atom. The van der Waals surface area contributed by atoms with Gasteiger partial charge in [0.1, 0.15) is 0 Å². The van der Waals surface area contributed by atoms with Crippen molar-refractivity contribution in [3.8, 4) is 0 Å². The molecule has 5 heteroatoms. The van der Waals surface area contributed by atoms with Crippen LogP contribution in [-0.4, -0.2) is 43.2 Å². The van der Waals surface area contributed by atoms with Crippen LogP contribution >= 0.6 is 11.8 Å². The van der Waals surface area contributed by atoms with Crippen molar-refractivity contribution in [2.75, 3.05) is 19.9 Å². The highest BCUT2D eigenvalue weighted by atomic mass is 32.2. The molecule has 0 heterocycles. The minimum Gasteiger partial charge on any atom is -0.380 e. The van der Waals surface area contributed by atoms with Gasteiger partial charge in [-0.3, -0.25) is 4.79 Å². The Kier molecular flexibility index (Phi) is 6.92. The average molecular weight is 260 g/mol. The van der Waals surface area contributed by atoms with Crippen molar-refractivity contribution in [1.82, 2.24) is 5.32 Å². The van der Waals surface area contributed by atoms with Crippen LogP contribution < -0.4 is 11.1 Å². The van der Waals surface area contributed by atoms with Crippen LogP contribution in [0, 0.1) is 0 Å². The molecule has 1 aliphatic carbocycles. The van der Waals surface area contributed by atoms with Crippen molar-refractivity contribution < 1.29 is 9.53 Å². The van der Waals surface area contributed by atoms with Gasteiger partial charge in [-0.2, -0.15) is 11.8 Å². The van der Waals surface area contributed by atoms with Gasteiger partial charge in [-0.1, -0.05) is 12.8 Å². The Hall–Kier alpha value is -0.260. The Labute approximate surface area is 108 Å². The van der Waals surface area contributed by atoms with Gasteiger partial charge in [0.15, 0.2) is 0 Å². The second kappa shape index (κ2) is 7.95. The number of hydrogen-bond donors (Lipinski definition) is 2. The first kappa shape index (κ1) is 14.8. The highest BCUT2D eigenvalue weighted by Crippen LogP contribution is 2.27. The van der Waals surface area contributed by atoms with Crippen LogP contribution in [0.25, 0.3) is 0 Å². The molecule has 0 aromatic rings. The molecular formula is C12H24N2O2S. The summed E-state index contributed by atoms with van der Waals surface area (Å²) in [5.41, 5.74) is 5.51. The standard InChI is InChI=1S/C12H24N2O2S/c1-16-9(8-13)7-12(15)14-10-5-3-4-6-11(10)17-2/h9-11H,3-8,13H2,1-2H3,(H,14,15). The highest BCUT2D eigenvalue weighted by Gasteiger charge is 2.26. The summed E-state index contributed by atoms with van der Waals surface area (Å²) in [6, 6.07) is 0.321. The molecule has 0 aliphatic heterocycles. The third kappa shape index (κ3) is 4.85. The number of amides is 1. The molecule has 0 aromatic heterocycles. The van der Waals surface area contributed by atoms with Crippen molar-refractivity contribution in [3.05, 3.63) is 0 Å². The molecule has 0 radical (unpaired) electrons. The average Bonchev–Trinajstić information content (AvgIpc) is 2.36. The number of thioether (sulfide) groups is 1. The van der Waals surface area contributed by atoms with Gasteiger partial charge >= 0.3 is 0 Å². The van der Waals surface area contributed by atoms with Crippen molar-refractivity contribution in [2.45, 2.75) is 49.5 Å². The largest absolute Gasteiger partial charge is 0.380 e. The molecule has 4 nitrogen and oxygen atoms in total. The van der Waals surface area contributed by atoms with E-state index in [1.807, 2.05) is 11.8 Å². The molecule has 1 amide bonds. The first-order chi connectivity index (χ1) is 8.21. The van der Waals surface area contributed by atoms with E-state index in [1.165, 1.54) is 19.3 Å². The fraction of sp³-hybridized carbons (Fsp3) is 0.917. The molecule has 0 bridgehead atoms. The predicted octanol–water partition coefficient (Wildman–Crippen LogP) is 1.14. The molecule has 17 heavy (non-hydrogen) atoms. The molecule has 1 rings (SSSR count). The lowest BCUT2D eigenvalue weighted by Crippen LogP contribution is -2.45. The summed E-state index contributed by atoms with van der Waals surface area (Å²) >= 11 is 1.86. The molecule has 0 spiro atoms. The van der Waals surface area contributed by atoms with Gasteiger partial charge in [0.2, 0.25) is 5.91 Å². The van der Waals surface area contributed by atoms with Crippen LogP contribution in [0.5, 0.6) is 0 Å². The summed E-state index contributed by atoms with van der Waals surface area (Å²) in [7, 11) is 1.59. The van der Waals surface area contributed by atoms with Crippen LogP contribution in [0.3, 0.4) is 0 Å². The van der Waals surface area contributed by atoms with E-state index >= 15 is 0 Å². The maximum absolute atomic E-state index is 11.8. The van der Waals surface area contributed by atoms with Gasteiger partial charge in [-0.05, 0) is 19.1 Å². The van der Waals surface area contributed by atoms with Crippen LogP contribution in [-0.2, 0) is 9.53 Å². The fourth-order valence-electron chi connectivity index (χ4n) is 2.28. The Morgan fingerprint density at radius 3 is 2.82 bits per heavy atom. The summed E-state index contributed by atoms with van der Waals surface area (Å²) < 4.78 is 5.12. The Bertz CT molecular complexity index is 235.